The molecule has 1 fully saturated rings. The molecule has 2 heterocycles. The number of rotatable bonds is 4. The van der Waals surface area contributed by atoms with Gasteiger partial charge in [-0.05, 0) is 26.3 Å². The van der Waals surface area contributed by atoms with Crippen LogP contribution in [0.3, 0.4) is 0 Å². The predicted molar refractivity (Wildman–Crippen MR) is 74.3 cm³/mol. The van der Waals surface area contributed by atoms with Gasteiger partial charge in [-0.1, -0.05) is 0 Å². The molecular formula is C13H17N3O5. The first-order valence-corrected chi connectivity index (χ1v) is 6.63. The van der Waals surface area contributed by atoms with Gasteiger partial charge in [-0.25, -0.2) is 9.78 Å². The Balaban J connectivity index is 2.45. The Bertz CT molecular complexity index is 573. The van der Waals surface area contributed by atoms with Gasteiger partial charge < -0.3 is 14.7 Å². The van der Waals surface area contributed by atoms with Crippen LogP contribution in [0.25, 0.3) is 0 Å². The second-order valence-corrected chi connectivity index (χ2v) is 5.18. The zero-order valence-electron chi connectivity index (χ0n) is 11.9. The maximum absolute atomic E-state index is 11.8. The Kier molecular flexibility index (Phi) is 4.08. The molecule has 1 aliphatic rings. The lowest BCUT2D eigenvalue weighted by Gasteiger charge is -2.20. The van der Waals surface area contributed by atoms with Crippen LogP contribution in [0.4, 0.5) is 11.5 Å². The van der Waals surface area contributed by atoms with Crippen molar-refractivity contribution in [2.75, 3.05) is 24.6 Å². The summed E-state index contributed by atoms with van der Waals surface area (Å²) in [6, 6.07) is 1.27. The fourth-order valence-electron chi connectivity index (χ4n) is 2.35. The molecular weight excluding hydrogens is 278 g/mol. The van der Waals surface area contributed by atoms with Crippen molar-refractivity contribution in [3.63, 3.8) is 0 Å². The van der Waals surface area contributed by atoms with Crippen molar-refractivity contribution in [3.05, 3.63) is 27.9 Å². The normalized spacial score (nSPS) is 21.4. The molecule has 0 amide bonds. The number of nitro groups is 1. The highest BCUT2D eigenvalue weighted by molar-refractivity contribution is 5.96. The molecule has 0 aromatic carbocycles. The third kappa shape index (κ3) is 3.10. The zero-order valence-corrected chi connectivity index (χ0v) is 11.9. The number of carbonyl (C=O) groups excluding carboxylic acids is 1. The van der Waals surface area contributed by atoms with Crippen LogP contribution in [0.15, 0.2) is 12.3 Å². The molecule has 1 saturated heterocycles. The molecule has 1 atom stereocenters. The molecule has 1 aromatic heterocycles. The molecule has 1 aliphatic heterocycles. The molecule has 8 heteroatoms. The van der Waals surface area contributed by atoms with E-state index in [9.17, 15) is 20.0 Å². The SMILES string of the molecule is CCOC(=O)c1ccnc(N2CCC(C)(O)C2)c1[N+](=O)[O-]. The van der Waals surface area contributed by atoms with E-state index in [1.165, 1.54) is 12.3 Å². The van der Waals surface area contributed by atoms with E-state index in [1.54, 1.807) is 18.7 Å². The number of anilines is 1. The maximum atomic E-state index is 11.8. The first kappa shape index (κ1) is 15.2. The van der Waals surface area contributed by atoms with Gasteiger partial charge in [0.25, 0.3) is 0 Å². The van der Waals surface area contributed by atoms with Gasteiger partial charge in [0, 0.05) is 19.3 Å². The van der Waals surface area contributed by atoms with Crippen molar-refractivity contribution in [1.29, 1.82) is 0 Å². The van der Waals surface area contributed by atoms with Crippen LogP contribution in [-0.2, 0) is 4.74 Å². The number of hydrogen-bond donors (Lipinski definition) is 1. The Labute approximate surface area is 121 Å². The molecule has 1 aromatic rings. The van der Waals surface area contributed by atoms with Gasteiger partial charge in [-0.2, -0.15) is 0 Å². The second-order valence-electron chi connectivity index (χ2n) is 5.18. The number of aromatic nitrogens is 1. The van der Waals surface area contributed by atoms with Crippen LogP contribution in [0, 0.1) is 10.1 Å². The molecule has 0 saturated carbocycles. The van der Waals surface area contributed by atoms with Gasteiger partial charge in [-0.3, -0.25) is 10.1 Å². The summed E-state index contributed by atoms with van der Waals surface area (Å²) in [4.78, 5) is 28.2. The second kappa shape index (κ2) is 5.65. The van der Waals surface area contributed by atoms with E-state index in [4.69, 9.17) is 4.74 Å². The minimum atomic E-state index is -0.921. The summed E-state index contributed by atoms with van der Waals surface area (Å²) in [5.74, 6) is -0.665. The Morgan fingerprint density at radius 1 is 1.67 bits per heavy atom. The average molecular weight is 295 g/mol. The van der Waals surface area contributed by atoms with Crippen LogP contribution >= 0.6 is 0 Å². The molecule has 0 aliphatic carbocycles. The lowest BCUT2D eigenvalue weighted by Crippen LogP contribution is -2.30. The highest BCUT2D eigenvalue weighted by Crippen LogP contribution is 2.34. The van der Waals surface area contributed by atoms with Crippen molar-refractivity contribution >= 4 is 17.5 Å². The summed E-state index contributed by atoms with van der Waals surface area (Å²) in [5, 5.41) is 21.3. The van der Waals surface area contributed by atoms with Crippen molar-refractivity contribution in [3.8, 4) is 0 Å². The monoisotopic (exact) mass is 295 g/mol. The highest BCUT2D eigenvalue weighted by Gasteiger charge is 2.37. The van der Waals surface area contributed by atoms with Gasteiger partial charge in [-0.15, -0.1) is 0 Å². The van der Waals surface area contributed by atoms with Gasteiger partial charge in [0.05, 0.1) is 17.1 Å². The summed E-state index contributed by atoms with van der Waals surface area (Å²) in [6.45, 7) is 4.09. The average Bonchev–Trinajstić information content (AvgIpc) is 2.78. The molecule has 8 nitrogen and oxygen atoms in total. The number of ether oxygens (including phenoxy) is 1. The predicted octanol–water partition coefficient (Wildman–Crippen LogP) is 1.13. The van der Waals surface area contributed by atoms with Crippen molar-refractivity contribution < 1.29 is 19.6 Å². The number of hydrogen-bond acceptors (Lipinski definition) is 7. The fraction of sp³-hybridized carbons (Fsp3) is 0.538. The van der Waals surface area contributed by atoms with Crippen molar-refractivity contribution in [1.82, 2.24) is 4.98 Å². The number of nitrogens with zero attached hydrogens (tertiary/aromatic N) is 3. The van der Waals surface area contributed by atoms with Crippen LogP contribution in [0.1, 0.15) is 30.6 Å². The summed E-state index contributed by atoms with van der Waals surface area (Å²) in [6.07, 6.45) is 1.82. The van der Waals surface area contributed by atoms with Crippen LogP contribution in [-0.4, -0.2) is 46.3 Å². The van der Waals surface area contributed by atoms with E-state index in [0.29, 0.717) is 13.0 Å². The molecule has 0 bridgehead atoms. The molecule has 21 heavy (non-hydrogen) atoms. The van der Waals surface area contributed by atoms with E-state index in [-0.39, 0.29) is 30.2 Å². The van der Waals surface area contributed by atoms with Gasteiger partial charge >= 0.3 is 11.7 Å². The van der Waals surface area contributed by atoms with Crippen LogP contribution < -0.4 is 4.90 Å². The van der Waals surface area contributed by atoms with E-state index >= 15 is 0 Å². The number of aliphatic hydroxyl groups is 1. The number of carbonyl (C=O) groups is 1. The summed E-state index contributed by atoms with van der Waals surface area (Å²) in [7, 11) is 0. The smallest absolute Gasteiger partial charge is 0.345 e. The standard InChI is InChI=1S/C13H17N3O5/c1-3-21-12(17)9-4-6-14-11(10(9)16(19)20)15-7-5-13(2,18)8-15/h4,6,18H,3,5,7-8H2,1-2H3. The van der Waals surface area contributed by atoms with E-state index < -0.39 is 16.5 Å². The van der Waals surface area contributed by atoms with Crippen molar-refractivity contribution in [2.24, 2.45) is 0 Å². The Morgan fingerprint density at radius 3 is 2.90 bits per heavy atom. The van der Waals surface area contributed by atoms with Gasteiger partial charge in [0.1, 0.15) is 5.56 Å². The number of pyridine rings is 1. The minimum Gasteiger partial charge on any atom is -0.462 e. The minimum absolute atomic E-state index is 0.0864. The fourth-order valence-corrected chi connectivity index (χ4v) is 2.35. The molecule has 0 radical (unpaired) electrons. The quantitative estimate of drug-likeness (QED) is 0.504. The summed E-state index contributed by atoms with van der Waals surface area (Å²) in [5.41, 5.74) is -1.43. The van der Waals surface area contributed by atoms with E-state index in [1.807, 2.05) is 0 Å². The first-order chi connectivity index (χ1) is 9.85. The lowest BCUT2D eigenvalue weighted by atomic mass is 10.1. The topological polar surface area (TPSA) is 106 Å². The Hall–Kier alpha value is -2.22. The van der Waals surface area contributed by atoms with Gasteiger partial charge in [0.2, 0.25) is 5.82 Å². The Morgan fingerprint density at radius 2 is 2.38 bits per heavy atom. The van der Waals surface area contributed by atoms with Crippen LogP contribution in [0.5, 0.6) is 0 Å². The molecule has 114 valence electrons. The summed E-state index contributed by atoms with van der Waals surface area (Å²) >= 11 is 0. The van der Waals surface area contributed by atoms with Gasteiger partial charge in [0.15, 0.2) is 0 Å². The molecule has 1 unspecified atom stereocenters. The van der Waals surface area contributed by atoms with E-state index in [2.05, 4.69) is 4.98 Å². The molecule has 1 N–H and O–H groups in total. The third-order valence-electron chi connectivity index (χ3n) is 3.33. The zero-order chi connectivity index (χ0) is 15.6. The largest absolute Gasteiger partial charge is 0.462 e. The molecule has 0 spiro atoms. The van der Waals surface area contributed by atoms with Crippen molar-refractivity contribution in [2.45, 2.75) is 25.9 Å². The lowest BCUT2D eigenvalue weighted by molar-refractivity contribution is -0.384. The maximum Gasteiger partial charge on any atom is 0.345 e. The van der Waals surface area contributed by atoms with Crippen LogP contribution in [0.2, 0.25) is 0 Å². The van der Waals surface area contributed by atoms with E-state index in [0.717, 1.165) is 0 Å². The summed E-state index contributed by atoms with van der Waals surface area (Å²) < 4.78 is 4.84. The highest BCUT2D eigenvalue weighted by atomic mass is 16.6. The molecule has 2 rings (SSSR count). The number of esters is 1. The number of β-amino-alcohol motifs (C(OH)–C–C–N with tert-alkyl or cyclic N) is 1. The first-order valence-electron chi connectivity index (χ1n) is 6.63. The third-order valence-corrected chi connectivity index (χ3v) is 3.33.